The van der Waals surface area contributed by atoms with Crippen molar-refractivity contribution in [2.75, 3.05) is 13.9 Å². The van der Waals surface area contributed by atoms with Crippen molar-refractivity contribution in [3.05, 3.63) is 28.8 Å². The molecular weight excluding hydrogens is 218 g/mol. The van der Waals surface area contributed by atoms with Gasteiger partial charge in [0.25, 0.3) is 0 Å². The summed E-state index contributed by atoms with van der Waals surface area (Å²) in [4.78, 5) is 0. The minimum Gasteiger partial charge on any atom is -0.423 e. The van der Waals surface area contributed by atoms with E-state index in [-0.39, 0.29) is 13.4 Å². The van der Waals surface area contributed by atoms with Crippen molar-refractivity contribution in [2.24, 2.45) is 0 Å². The van der Waals surface area contributed by atoms with Crippen LogP contribution in [0.25, 0.3) is 0 Å². The van der Waals surface area contributed by atoms with Crippen LogP contribution in [0, 0.1) is 0 Å². The highest BCUT2D eigenvalue weighted by atomic mass is 35.5. The summed E-state index contributed by atoms with van der Waals surface area (Å²) in [7, 11) is 0.0265. The second-order valence-corrected chi connectivity index (χ2v) is 3.39. The lowest BCUT2D eigenvalue weighted by molar-refractivity contribution is -0.0390. The summed E-state index contributed by atoms with van der Waals surface area (Å²) in [5.74, 6) is 0. The Morgan fingerprint density at radius 2 is 2.13 bits per heavy atom. The number of hydrogen-bond donors (Lipinski definition) is 2. The zero-order valence-electron chi connectivity index (χ0n) is 8.31. The van der Waals surface area contributed by atoms with Gasteiger partial charge in [-0.3, -0.25) is 0 Å². The Bertz CT molecular complexity index is 319. The molecule has 6 heteroatoms. The van der Waals surface area contributed by atoms with Gasteiger partial charge < -0.3 is 19.5 Å². The molecule has 0 bridgehead atoms. The molecule has 0 aromatic heterocycles. The molecular formula is C9H12BClO4. The van der Waals surface area contributed by atoms with E-state index >= 15 is 0 Å². The summed E-state index contributed by atoms with van der Waals surface area (Å²) in [6, 6.07) is 4.73. The number of hydrogen-bond acceptors (Lipinski definition) is 4. The van der Waals surface area contributed by atoms with Crippen LogP contribution in [0.5, 0.6) is 0 Å². The second kappa shape index (κ2) is 6.10. The van der Waals surface area contributed by atoms with Crippen molar-refractivity contribution < 1.29 is 19.5 Å². The molecule has 15 heavy (non-hydrogen) atoms. The van der Waals surface area contributed by atoms with E-state index in [1.165, 1.54) is 7.11 Å². The van der Waals surface area contributed by atoms with Gasteiger partial charge in [0, 0.05) is 12.1 Å². The first kappa shape index (κ1) is 12.5. The van der Waals surface area contributed by atoms with Crippen molar-refractivity contribution in [1.29, 1.82) is 0 Å². The van der Waals surface area contributed by atoms with Gasteiger partial charge in [0.2, 0.25) is 0 Å². The lowest BCUT2D eigenvalue weighted by atomic mass is 9.80. The van der Waals surface area contributed by atoms with Gasteiger partial charge in [0.1, 0.15) is 6.79 Å². The van der Waals surface area contributed by atoms with Crippen molar-refractivity contribution in [2.45, 2.75) is 6.61 Å². The number of methoxy groups -OCH3 is 1. The average Bonchev–Trinajstić information content (AvgIpc) is 2.20. The maximum atomic E-state index is 8.96. The molecule has 0 atom stereocenters. The summed E-state index contributed by atoms with van der Waals surface area (Å²) in [5.41, 5.74) is 1.08. The van der Waals surface area contributed by atoms with E-state index in [0.29, 0.717) is 16.0 Å². The van der Waals surface area contributed by atoms with Gasteiger partial charge in [-0.1, -0.05) is 23.7 Å². The van der Waals surface area contributed by atoms with Gasteiger partial charge in [-0.15, -0.1) is 0 Å². The van der Waals surface area contributed by atoms with Gasteiger partial charge in [-0.2, -0.15) is 0 Å². The lowest BCUT2D eigenvalue weighted by Crippen LogP contribution is -2.30. The normalized spacial score (nSPS) is 10.4. The molecule has 0 saturated heterocycles. The van der Waals surface area contributed by atoms with Crippen molar-refractivity contribution in [1.82, 2.24) is 0 Å². The summed E-state index contributed by atoms with van der Waals surface area (Å²) in [5, 5.41) is 18.4. The smallest absolute Gasteiger partial charge is 0.423 e. The first-order valence-corrected chi connectivity index (χ1v) is 4.74. The maximum absolute atomic E-state index is 8.96. The first-order chi connectivity index (χ1) is 7.15. The Morgan fingerprint density at radius 3 is 2.73 bits per heavy atom. The molecule has 0 spiro atoms. The minimum atomic E-state index is -1.50. The zero-order valence-corrected chi connectivity index (χ0v) is 9.07. The predicted octanol–water partition coefficient (Wildman–Crippen LogP) is 0.140. The van der Waals surface area contributed by atoms with E-state index < -0.39 is 7.12 Å². The van der Waals surface area contributed by atoms with E-state index in [0.717, 1.165) is 0 Å². The fourth-order valence-electron chi connectivity index (χ4n) is 1.10. The van der Waals surface area contributed by atoms with Crippen LogP contribution in [0.15, 0.2) is 18.2 Å². The summed E-state index contributed by atoms with van der Waals surface area (Å²) < 4.78 is 9.83. The SMILES string of the molecule is COCOCc1cc(B(O)O)ccc1Cl. The molecule has 4 nitrogen and oxygen atoms in total. The van der Waals surface area contributed by atoms with Crippen LogP contribution >= 0.6 is 11.6 Å². The number of ether oxygens (including phenoxy) is 2. The second-order valence-electron chi connectivity index (χ2n) is 2.98. The van der Waals surface area contributed by atoms with Gasteiger partial charge in [-0.25, -0.2) is 0 Å². The highest BCUT2D eigenvalue weighted by Gasteiger charge is 2.12. The monoisotopic (exact) mass is 230 g/mol. The van der Waals surface area contributed by atoms with E-state index in [9.17, 15) is 0 Å². The predicted molar refractivity (Wildman–Crippen MR) is 57.9 cm³/mol. The maximum Gasteiger partial charge on any atom is 0.488 e. The van der Waals surface area contributed by atoms with Gasteiger partial charge >= 0.3 is 7.12 Å². The molecule has 1 aromatic rings. The lowest BCUT2D eigenvalue weighted by Gasteiger charge is -2.07. The van der Waals surface area contributed by atoms with Crippen LogP contribution in [0.3, 0.4) is 0 Å². The van der Waals surface area contributed by atoms with Gasteiger partial charge in [0.05, 0.1) is 6.61 Å². The molecule has 0 radical (unpaired) electrons. The first-order valence-electron chi connectivity index (χ1n) is 4.36. The van der Waals surface area contributed by atoms with E-state index in [1.54, 1.807) is 18.2 Å². The molecule has 0 fully saturated rings. The minimum absolute atomic E-state index is 0.169. The largest absolute Gasteiger partial charge is 0.488 e. The Kier molecular flexibility index (Phi) is 5.07. The third kappa shape index (κ3) is 3.81. The molecule has 0 unspecified atom stereocenters. The summed E-state index contributed by atoms with van der Waals surface area (Å²) in [6.07, 6.45) is 0. The molecule has 0 aliphatic carbocycles. The third-order valence-electron chi connectivity index (χ3n) is 1.83. The van der Waals surface area contributed by atoms with Crippen LogP contribution in [-0.2, 0) is 16.1 Å². The number of rotatable bonds is 5. The molecule has 0 heterocycles. The fourth-order valence-corrected chi connectivity index (χ4v) is 1.27. The summed E-state index contributed by atoms with van der Waals surface area (Å²) >= 11 is 5.90. The fraction of sp³-hybridized carbons (Fsp3) is 0.333. The standard InChI is InChI=1S/C9H12BClO4/c1-14-6-15-5-7-4-8(10(12)13)2-3-9(7)11/h2-4,12-13H,5-6H2,1H3. The van der Waals surface area contributed by atoms with Crippen molar-refractivity contribution in [3.63, 3.8) is 0 Å². The van der Waals surface area contributed by atoms with Crippen LogP contribution in [-0.4, -0.2) is 31.1 Å². The average molecular weight is 230 g/mol. The third-order valence-corrected chi connectivity index (χ3v) is 2.20. The zero-order chi connectivity index (χ0) is 11.3. The quantitative estimate of drug-likeness (QED) is 0.429. The Morgan fingerprint density at radius 1 is 1.40 bits per heavy atom. The number of benzene rings is 1. The highest BCUT2D eigenvalue weighted by Crippen LogP contribution is 2.14. The molecule has 0 aliphatic heterocycles. The van der Waals surface area contributed by atoms with Gasteiger partial charge in [0.15, 0.2) is 0 Å². The molecule has 82 valence electrons. The van der Waals surface area contributed by atoms with Crippen LogP contribution in [0.2, 0.25) is 5.02 Å². The molecule has 2 N–H and O–H groups in total. The topological polar surface area (TPSA) is 58.9 Å². The van der Waals surface area contributed by atoms with Crippen molar-refractivity contribution in [3.8, 4) is 0 Å². The van der Waals surface area contributed by atoms with Crippen LogP contribution < -0.4 is 5.46 Å². The Labute approximate surface area is 93.5 Å². The van der Waals surface area contributed by atoms with E-state index in [1.807, 2.05) is 0 Å². The van der Waals surface area contributed by atoms with E-state index in [4.69, 9.17) is 31.1 Å². The van der Waals surface area contributed by atoms with Gasteiger partial charge in [-0.05, 0) is 17.1 Å². The molecule has 0 saturated carbocycles. The molecule has 1 rings (SSSR count). The number of halogens is 1. The van der Waals surface area contributed by atoms with Crippen molar-refractivity contribution >= 4 is 24.2 Å². The van der Waals surface area contributed by atoms with E-state index in [2.05, 4.69) is 0 Å². The molecule has 0 amide bonds. The van der Waals surface area contributed by atoms with Crippen LogP contribution in [0.4, 0.5) is 0 Å². The molecule has 1 aromatic carbocycles. The Balaban J connectivity index is 2.72. The van der Waals surface area contributed by atoms with Crippen LogP contribution in [0.1, 0.15) is 5.56 Å². The summed E-state index contributed by atoms with van der Waals surface area (Å²) in [6.45, 7) is 0.440. The molecule has 0 aliphatic rings. The highest BCUT2D eigenvalue weighted by molar-refractivity contribution is 6.58. The Hall–Kier alpha value is -0.585.